The van der Waals surface area contributed by atoms with Crippen LogP contribution in [0.25, 0.3) is 6.08 Å². The average molecular weight is 419 g/mol. The zero-order valence-corrected chi connectivity index (χ0v) is 18.7. The van der Waals surface area contributed by atoms with Gasteiger partial charge >= 0.3 is 0 Å². The molecule has 3 rings (SSSR count). The van der Waals surface area contributed by atoms with Gasteiger partial charge in [-0.3, -0.25) is 4.90 Å². The minimum absolute atomic E-state index is 0.838. The van der Waals surface area contributed by atoms with Gasteiger partial charge in [0.2, 0.25) is 0 Å². The van der Waals surface area contributed by atoms with Crippen molar-refractivity contribution >= 4 is 28.4 Å². The molecule has 0 radical (unpaired) electrons. The summed E-state index contributed by atoms with van der Waals surface area (Å²) >= 11 is 1.63. The van der Waals surface area contributed by atoms with E-state index in [2.05, 4.69) is 47.4 Å². The number of nitrogens with one attached hydrogen (secondary N) is 1. The normalized spacial score (nSPS) is 15.3. The van der Waals surface area contributed by atoms with Crippen molar-refractivity contribution in [1.29, 1.82) is 0 Å². The van der Waals surface area contributed by atoms with Crippen LogP contribution in [0.15, 0.2) is 73.0 Å². The van der Waals surface area contributed by atoms with Crippen LogP contribution in [0.4, 0.5) is 10.9 Å². The molecule has 0 amide bonds. The standard InChI is InChI=1S/C25H30N4S/c1-5-9-22(10-6-2)19(3)11-12-23-20(4)30-25(27-23)28-24-17-21(13-14-26-24)18-29-15-7-8-16-29/h5-6,9-14,17H,1,3,7-8,15-16,18H2,2,4H3,(H,26,27,28)/b10-6-,12-11-,22-9+. The topological polar surface area (TPSA) is 41.1 Å². The Morgan fingerprint density at radius 3 is 2.83 bits per heavy atom. The maximum absolute atomic E-state index is 4.73. The van der Waals surface area contributed by atoms with Crippen molar-refractivity contribution < 1.29 is 0 Å². The number of hydrogen-bond acceptors (Lipinski definition) is 5. The van der Waals surface area contributed by atoms with E-state index >= 15 is 0 Å². The molecule has 2 aromatic rings. The molecule has 1 N–H and O–H groups in total. The van der Waals surface area contributed by atoms with E-state index in [1.54, 1.807) is 17.4 Å². The molecule has 0 aliphatic carbocycles. The minimum atomic E-state index is 0.838. The Morgan fingerprint density at radius 2 is 2.10 bits per heavy atom. The van der Waals surface area contributed by atoms with Gasteiger partial charge in [0.05, 0.1) is 5.69 Å². The van der Waals surface area contributed by atoms with Crippen LogP contribution >= 0.6 is 11.3 Å². The lowest BCUT2D eigenvalue weighted by atomic mass is 10.1. The van der Waals surface area contributed by atoms with Crippen molar-refractivity contribution in [3.05, 3.63) is 89.1 Å². The number of anilines is 2. The molecule has 0 saturated carbocycles. The molecule has 5 heteroatoms. The molecule has 2 aromatic heterocycles. The molecule has 156 valence electrons. The van der Waals surface area contributed by atoms with Crippen molar-refractivity contribution in [2.75, 3.05) is 18.4 Å². The fourth-order valence-corrected chi connectivity index (χ4v) is 4.23. The Kier molecular flexibility index (Phi) is 7.94. The molecular weight excluding hydrogens is 388 g/mol. The van der Waals surface area contributed by atoms with E-state index in [9.17, 15) is 0 Å². The van der Waals surface area contributed by atoms with E-state index in [-0.39, 0.29) is 0 Å². The highest BCUT2D eigenvalue weighted by molar-refractivity contribution is 7.15. The summed E-state index contributed by atoms with van der Waals surface area (Å²) in [7, 11) is 0. The molecule has 30 heavy (non-hydrogen) atoms. The SMILES string of the molecule is C=C/C=C(\C=C/C)C(=C)/C=C\c1nc(Nc2cc(CN3CCCC3)ccn2)sc1C. The average Bonchev–Trinajstić information content (AvgIpc) is 3.35. The molecule has 1 aliphatic rings. The molecular formula is C25H30N4S. The van der Waals surface area contributed by atoms with Gasteiger partial charge in [-0.2, -0.15) is 0 Å². The zero-order chi connectivity index (χ0) is 21.3. The summed E-state index contributed by atoms with van der Waals surface area (Å²) in [6.45, 7) is 15.4. The number of allylic oxidation sites excluding steroid dienone is 7. The fraction of sp³-hybridized carbons (Fsp3) is 0.280. The molecule has 3 heterocycles. The number of nitrogens with zero attached hydrogens (tertiary/aromatic N) is 3. The molecule has 0 unspecified atom stereocenters. The number of aromatic nitrogens is 2. The molecule has 1 aliphatic heterocycles. The van der Waals surface area contributed by atoms with Crippen LogP contribution in [0.5, 0.6) is 0 Å². The number of pyridine rings is 1. The Labute approximate surface area is 184 Å². The monoisotopic (exact) mass is 418 g/mol. The van der Waals surface area contributed by atoms with E-state index in [4.69, 9.17) is 4.98 Å². The maximum atomic E-state index is 4.73. The number of thiazole rings is 1. The first kappa shape index (κ1) is 21.9. The molecule has 4 nitrogen and oxygen atoms in total. The second-order valence-corrected chi connectivity index (χ2v) is 8.54. The van der Waals surface area contributed by atoms with Crippen molar-refractivity contribution in [2.45, 2.75) is 33.2 Å². The molecule has 0 atom stereocenters. The Hall–Kier alpha value is -2.76. The highest BCUT2D eigenvalue weighted by Gasteiger charge is 2.12. The van der Waals surface area contributed by atoms with Crippen LogP contribution in [-0.2, 0) is 6.54 Å². The van der Waals surface area contributed by atoms with Crippen molar-refractivity contribution in [3.63, 3.8) is 0 Å². The summed E-state index contributed by atoms with van der Waals surface area (Å²) in [6, 6.07) is 4.21. The zero-order valence-electron chi connectivity index (χ0n) is 17.9. The first-order valence-corrected chi connectivity index (χ1v) is 11.1. The molecule has 0 bridgehead atoms. The molecule has 1 fully saturated rings. The number of aryl methyl sites for hydroxylation is 1. The van der Waals surface area contributed by atoms with Crippen LogP contribution < -0.4 is 5.32 Å². The summed E-state index contributed by atoms with van der Waals surface area (Å²) in [5, 5.41) is 4.21. The summed E-state index contributed by atoms with van der Waals surface area (Å²) in [6.07, 6.45) is 16.2. The van der Waals surface area contributed by atoms with Crippen LogP contribution in [0.1, 0.15) is 35.9 Å². The predicted molar refractivity (Wildman–Crippen MR) is 130 cm³/mol. The van der Waals surface area contributed by atoms with Crippen LogP contribution in [-0.4, -0.2) is 28.0 Å². The third kappa shape index (κ3) is 6.12. The largest absolute Gasteiger partial charge is 0.316 e. The van der Waals surface area contributed by atoms with Crippen LogP contribution in [0.3, 0.4) is 0 Å². The second kappa shape index (κ2) is 10.9. The molecule has 1 saturated heterocycles. The summed E-state index contributed by atoms with van der Waals surface area (Å²) in [5.74, 6) is 0.838. The van der Waals surface area contributed by atoms with E-state index in [0.717, 1.165) is 39.2 Å². The number of hydrogen-bond donors (Lipinski definition) is 1. The smallest absolute Gasteiger partial charge is 0.189 e. The van der Waals surface area contributed by atoms with Gasteiger partial charge in [0.25, 0.3) is 0 Å². The lowest BCUT2D eigenvalue weighted by molar-refractivity contribution is 0.331. The van der Waals surface area contributed by atoms with Crippen LogP contribution in [0.2, 0.25) is 0 Å². The summed E-state index contributed by atoms with van der Waals surface area (Å²) < 4.78 is 0. The van der Waals surface area contributed by atoms with Crippen molar-refractivity contribution in [1.82, 2.24) is 14.9 Å². The predicted octanol–water partition coefficient (Wildman–Crippen LogP) is 6.44. The molecule has 0 aromatic carbocycles. The van der Waals surface area contributed by atoms with E-state index in [1.807, 2.05) is 43.5 Å². The van der Waals surface area contributed by atoms with Gasteiger partial charge in [0.15, 0.2) is 5.13 Å². The van der Waals surface area contributed by atoms with Gasteiger partial charge in [-0.25, -0.2) is 9.97 Å². The molecule has 0 spiro atoms. The van der Waals surface area contributed by atoms with Gasteiger partial charge in [0, 0.05) is 17.6 Å². The fourth-order valence-electron chi connectivity index (χ4n) is 3.42. The Balaban J connectivity index is 1.68. The van der Waals surface area contributed by atoms with Crippen molar-refractivity contribution in [3.8, 4) is 0 Å². The number of rotatable bonds is 9. The third-order valence-corrected chi connectivity index (χ3v) is 5.86. The highest BCUT2D eigenvalue weighted by atomic mass is 32.1. The highest BCUT2D eigenvalue weighted by Crippen LogP contribution is 2.27. The van der Waals surface area contributed by atoms with Crippen molar-refractivity contribution in [2.24, 2.45) is 0 Å². The summed E-state index contributed by atoms with van der Waals surface area (Å²) in [4.78, 5) is 12.8. The first-order chi connectivity index (χ1) is 14.6. The third-order valence-electron chi connectivity index (χ3n) is 4.95. The minimum Gasteiger partial charge on any atom is -0.316 e. The second-order valence-electron chi connectivity index (χ2n) is 7.33. The van der Waals surface area contributed by atoms with Gasteiger partial charge in [-0.05, 0) is 74.7 Å². The van der Waals surface area contributed by atoms with Gasteiger partial charge in [-0.1, -0.05) is 43.5 Å². The van der Waals surface area contributed by atoms with Gasteiger partial charge < -0.3 is 5.32 Å². The Bertz CT molecular complexity index is 975. The summed E-state index contributed by atoms with van der Waals surface area (Å²) in [5.41, 5.74) is 4.18. The lowest BCUT2D eigenvalue weighted by Gasteiger charge is -2.14. The van der Waals surface area contributed by atoms with E-state index < -0.39 is 0 Å². The van der Waals surface area contributed by atoms with E-state index in [0.29, 0.717) is 0 Å². The Morgan fingerprint density at radius 1 is 1.30 bits per heavy atom. The van der Waals surface area contributed by atoms with Gasteiger partial charge in [0.1, 0.15) is 5.82 Å². The van der Waals surface area contributed by atoms with Gasteiger partial charge in [-0.15, -0.1) is 11.3 Å². The quantitative estimate of drug-likeness (QED) is 0.476. The first-order valence-electron chi connectivity index (χ1n) is 10.3. The van der Waals surface area contributed by atoms with E-state index in [1.165, 1.54) is 31.5 Å². The maximum Gasteiger partial charge on any atom is 0.189 e. The lowest BCUT2D eigenvalue weighted by Crippen LogP contribution is -2.18. The number of likely N-dealkylation sites (tertiary alicyclic amines) is 1. The van der Waals surface area contributed by atoms with Crippen LogP contribution in [0, 0.1) is 6.92 Å².